The highest BCUT2D eigenvalue weighted by Gasteiger charge is 2.13. The molecule has 0 saturated heterocycles. The number of carbonyl (C=O) groups excluding carboxylic acids is 1. The molecule has 5 nitrogen and oxygen atoms in total. The van der Waals surface area contributed by atoms with Crippen LogP contribution in [0, 0.1) is 0 Å². The molecule has 0 aliphatic carbocycles. The minimum Gasteiger partial charge on any atom is -0.481 e. The molecule has 0 aliphatic rings. The van der Waals surface area contributed by atoms with Gasteiger partial charge < -0.3 is 10.8 Å². The smallest absolute Gasteiger partial charge is 0.309 e. The van der Waals surface area contributed by atoms with Crippen molar-refractivity contribution >= 4 is 35.0 Å². The topological polar surface area (TPSA) is 93.3 Å². The maximum atomic E-state index is 10.8. The minimum absolute atomic E-state index is 0.0952. The molecule has 0 unspecified atom stereocenters. The summed E-state index contributed by atoms with van der Waals surface area (Å²) in [5, 5.41) is 9.85. The Bertz CT molecular complexity index is 378. The Morgan fingerprint density at radius 3 is 2.93 bits per heavy atom. The summed E-state index contributed by atoms with van der Waals surface area (Å²) in [6, 6.07) is 0. The van der Waals surface area contributed by atoms with Crippen molar-refractivity contribution in [2.45, 2.75) is 22.9 Å². The second-order valence-electron chi connectivity index (χ2n) is 2.84. The molecule has 3 N–H and O–H groups in total. The molecule has 1 aromatic rings. The monoisotopic (exact) mass is 246 g/mol. The molecule has 0 fully saturated rings. The number of carbonyl (C=O) groups is 2. The lowest BCUT2D eigenvalue weighted by Crippen LogP contribution is -2.22. The number of hydrogen-bond donors (Lipinski definition) is 2. The third-order valence-electron chi connectivity index (χ3n) is 1.54. The predicted octanol–water partition coefficient (Wildman–Crippen LogP) is 0.736. The Balaban J connectivity index is 2.60. The molecule has 82 valence electrons. The number of rotatable bonds is 5. The number of thioether (sulfide) groups is 1. The Kier molecular flexibility index (Phi) is 4.10. The van der Waals surface area contributed by atoms with Crippen molar-refractivity contribution in [3.63, 3.8) is 0 Å². The van der Waals surface area contributed by atoms with Crippen molar-refractivity contribution < 1.29 is 14.7 Å². The lowest BCUT2D eigenvalue weighted by Gasteiger charge is -2.02. The molecule has 1 aromatic heterocycles. The molecule has 0 radical (unpaired) electrons. The second-order valence-corrected chi connectivity index (χ2v) is 5.28. The van der Waals surface area contributed by atoms with Crippen LogP contribution in [0.5, 0.6) is 0 Å². The normalized spacial score (nSPS) is 12.3. The molecular weight excluding hydrogens is 236 g/mol. The fourth-order valence-electron chi connectivity index (χ4n) is 0.788. The predicted molar refractivity (Wildman–Crippen MR) is 58.0 cm³/mol. The Morgan fingerprint density at radius 2 is 2.40 bits per heavy atom. The lowest BCUT2D eigenvalue weighted by atomic mass is 10.3. The molecular formula is C8H10N2O3S2. The van der Waals surface area contributed by atoms with Crippen molar-refractivity contribution in [3.8, 4) is 0 Å². The Hall–Kier alpha value is -1.08. The molecule has 0 saturated carbocycles. The second kappa shape index (κ2) is 5.13. The van der Waals surface area contributed by atoms with Gasteiger partial charge in [0.2, 0.25) is 5.91 Å². The minimum atomic E-state index is -0.917. The molecule has 0 aromatic carbocycles. The highest BCUT2D eigenvalue weighted by molar-refractivity contribution is 8.02. The van der Waals surface area contributed by atoms with Gasteiger partial charge in [0.15, 0.2) is 4.34 Å². The van der Waals surface area contributed by atoms with E-state index in [1.54, 1.807) is 12.3 Å². The third kappa shape index (κ3) is 3.88. The first kappa shape index (κ1) is 12.0. The third-order valence-corrected chi connectivity index (χ3v) is 3.68. The van der Waals surface area contributed by atoms with Crippen LogP contribution in [0.1, 0.15) is 12.6 Å². The fourth-order valence-corrected chi connectivity index (χ4v) is 2.72. The van der Waals surface area contributed by atoms with Gasteiger partial charge in [-0.1, -0.05) is 11.8 Å². The van der Waals surface area contributed by atoms with E-state index in [1.807, 2.05) is 0 Å². The number of amides is 1. The van der Waals surface area contributed by atoms with Crippen LogP contribution in [0.2, 0.25) is 0 Å². The van der Waals surface area contributed by atoms with E-state index >= 15 is 0 Å². The summed E-state index contributed by atoms with van der Waals surface area (Å²) in [6.07, 6.45) is -0.0952. The number of thiazole rings is 1. The number of primary amides is 1. The summed E-state index contributed by atoms with van der Waals surface area (Å²) < 4.78 is 0.664. The number of nitrogens with two attached hydrogens (primary N) is 1. The molecule has 15 heavy (non-hydrogen) atoms. The highest BCUT2D eigenvalue weighted by Crippen LogP contribution is 2.26. The van der Waals surface area contributed by atoms with E-state index in [-0.39, 0.29) is 11.7 Å². The van der Waals surface area contributed by atoms with E-state index in [0.717, 1.165) is 0 Å². The van der Waals surface area contributed by atoms with Crippen molar-refractivity contribution in [2.75, 3.05) is 0 Å². The van der Waals surface area contributed by atoms with Gasteiger partial charge in [-0.25, -0.2) is 4.98 Å². The van der Waals surface area contributed by atoms with E-state index in [9.17, 15) is 9.59 Å². The molecule has 0 bridgehead atoms. The van der Waals surface area contributed by atoms with Crippen LogP contribution < -0.4 is 5.73 Å². The van der Waals surface area contributed by atoms with Gasteiger partial charge in [0.1, 0.15) is 0 Å². The van der Waals surface area contributed by atoms with Crippen molar-refractivity contribution in [1.82, 2.24) is 4.98 Å². The summed E-state index contributed by atoms with van der Waals surface area (Å²) in [5.74, 6) is -1.32. The standard InChI is InChI=1S/C8H10N2O3S2/c1-4(7(9)13)15-8-10-5(3-14-8)2-6(11)12/h3-4H,2H2,1H3,(H2,9,13)(H,11,12)/t4-/m0/s1. The Labute approximate surface area is 94.7 Å². The average Bonchev–Trinajstić information content (AvgIpc) is 2.51. The molecule has 1 atom stereocenters. The molecule has 0 spiro atoms. The number of hydrogen-bond acceptors (Lipinski definition) is 5. The van der Waals surface area contributed by atoms with Gasteiger partial charge in [-0.15, -0.1) is 11.3 Å². The summed E-state index contributed by atoms with van der Waals surface area (Å²) >= 11 is 2.56. The van der Waals surface area contributed by atoms with Crippen LogP contribution in [-0.4, -0.2) is 27.2 Å². The summed E-state index contributed by atoms with van der Waals surface area (Å²) in [5.41, 5.74) is 5.60. The zero-order valence-electron chi connectivity index (χ0n) is 7.97. The fraction of sp³-hybridized carbons (Fsp3) is 0.375. The van der Waals surface area contributed by atoms with Gasteiger partial charge >= 0.3 is 5.97 Å². The van der Waals surface area contributed by atoms with Crippen LogP contribution in [0.25, 0.3) is 0 Å². The van der Waals surface area contributed by atoms with E-state index in [2.05, 4.69) is 4.98 Å². The molecule has 1 heterocycles. The molecule has 7 heteroatoms. The van der Waals surface area contributed by atoms with Gasteiger partial charge in [0, 0.05) is 5.38 Å². The number of carboxylic acids is 1. The molecule has 0 aliphatic heterocycles. The van der Waals surface area contributed by atoms with E-state index in [1.165, 1.54) is 23.1 Å². The van der Waals surface area contributed by atoms with Crippen LogP contribution in [0.4, 0.5) is 0 Å². The first-order valence-electron chi connectivity index (χ1n) is 4.11. The van der Waals surface area contributed by atoms with Crippen molar-refractivity contribution in [2.24, 2.45) is 5.73 Å². The quantitative estimate of drug-likeness (QED) is 0.747. The number of nitrogens with zero attached hydrogens (tertiary/aromatic N) is 1. The molecule has 1 rings (SSSR count). The first-order valence-corrected chi connectivity index (χ1v) is 5.87. The zero-order valence-corrected chi connectivity index (χ0v) is 9.60. The lowest BCUT2D eigenvalue weighted by molar-refractivity contribution is -0.136. The van der Waals surface area contributed by atoms with Crippen LogP contribution in [-0.2, 0) is 16.0 Å². The summed E-state index contributed by atoms with van der Waals surface area (Å²) in [6.45, 7) is 1.69. The van der Waals surface area contributed by atoms with Gasteiger partial charge in [-0.05, 0) is 6.92 Å². The first-order chi connectivity index (χ1) is 6.99. The van der Waals surface area contributed by atoms with Gasteiger partial charge in [0.05, 0.1) is 17.4 Å². The van der Waals surface area contributed by atoms with E-state index < -0.39 is 11.9 Å². The Morgan fingerprint density at radius 1 is 1.73 bits per heavy atom. The van der Waals surface area contributed by atoms with Crippen LogP contribution in [0.3, 0.4) is 0 Å². The van der Waals surface area contributed by atoms with Gasteiger partial charge in [0.25, 0.3) is 0 Å². The average molecular weight is 246 g/mol. The number of carboxylic acid groups (broad SMARTS) is 1. The number of aromatic nitrogens is 1. The van der Waals surface area contributed by atoms with Crippen molar-refractivity contribution in [3.05, 3.63) is 11.1 Å². The van der Waals surface area contributed by atoms with Crippen LogP contribution >= 0.6 is 23.1 Å². The van der Waals surface area contributed by atoms with Gasteiger partial charge in [-0.3, -0.25) is 9.59 Å². The maximum absolute atomic E-state index is 10.8. The summed E-state index contributed by atoms with van der Waals surface area (Å²) in [7, 11) is 0. The van der Waals surface area contributed by atoms with Crippen molar-refractivity contribution in [1.29, 1.82) is 0 Å². The highest BCUT2D eigenvalue weighted by atomic mass is 32.2. The number of aliphatic carboxylic acids is 1. The van der Waals surface area contributed by atoms with Gasteiger partial charge in [-0.2, -0.15) is 0 Å². The van der Waals surface area contributed by atoms with E-state index in [4.69, 9.17) is 10.8 Å². The van der Waals surface area contributed by atoms with E-state index in [0.29, 0.717) is 10.0 Å². The maximum Gasteiger partial charge on any atom is 0.309 e. The zero-order chi connectivity index (χ0) is 11.4. The summed E-state index contributed by atoms with van der Waals surface area (Å²) in [4.78, 5) is 25.2. The molecule has 1 amide bonds. The van der Waals surface area contributed by atoms with Crippen LogP contribution in [0.15, 0.2) is 9.72 Å². The largest absolute Gasteiger partial charge is 0.481 e. The SMILES string of the molecule is C[C@H](Sc1nc(CC(=O)O)cs1)C(N)=O.